The van der Waals surface area contributed by atoms with Crippen LogP contribution in [0.2, 0.25) is 0 Å². The van der Waals surface area contributed by atoms with Crippen LogP contribution < -0.4 is 4.72 Å². The summed E-state index contributed by atoms with van der Waals surface area (Å²) in [5.74, 6) is -1.66. The Morgan fingerprint density at radius 1 is 1.35 bits per heavy atom. The Morgan fingerprint density at radius 2 is 2.03 bits per heavy atom. The smallest absolute Gasteiger partial charge is 0.436 e. The number of rotatable bonds is 7. The fourth-order valence-electron chi connectivity index (χ4n) is 3.81. The van der Waals surface area contributed by atoms with Gasteiger partial charge in [0.25, 0.3) is 0 Å². The summed E-state index contributed by atoms with van der Waals surface area (Å²) in [6, 6.07) is 4.94. The van der Waals surface area contributed by atoms with E-state index in [0.29, 0.717) is 18.4 Å². The molecule has 0 aliphatic heterocycles. The van der Waals surface area contributed by atoms with Crippen molar-refractivity contribution in [3.05, 3.63) is 51.8 Å². The molecule has 0 fully saturated rings. The van der Waals surface area contributed by atoms with E-state index in [1.165, 1.54) is 0 Å². The molecule has 0 saturated heterocycles. The standard InChI is InChI=1S/C20H24F3N3O4S/c1-4-16-17(19(27)28)18(20(21,22)23)24-26(16)10-12-5-7-14-13(9-12)6-8-15(14)25-31(29,30)11(2)3/h5,7,9,11,15,25H,4,6,8,10H2,1-3H3,(H,27,28). The van der Waals surface area contributed by atoms with E-state index in [0.717, 1.165) is 15.8 Å². The molecule has 0 bridgehead atoms. The highest BCUT2D eigenvalue weighted by Gasteiger charge is 2.41. The number of aromatic nitrogens is 2. The summed E-state index contributed by atoms with van der Waals surface area (Å²) in [5, 5.41) is 12.3. The molecule has 2 aromatic rings. The van der Waals surface area contributed by atoms with Crippen molar-refractivity contribution in [2.75, 3.05) is 0 Å². The van der Waals surface area contributed by atoms with Crippen LogP contribution in [0.15, 0.2) is 18.2 Å². The second kappa shape index (κ2) is 8.27. The summed E-state index contributed by atoms with van der Waals surface area (Å²) in [6.07, 6.45) is -3.58. The van der Waals surface area contributed by atoms with Crippen LogP contribution in [0.5, 0.6) is 0 Å². The Bertz CT molecular complexity index is 1110. The van der Waals surface area contributed by atoms with Crippen molar-refractivity contribution in [1.29, 1.82) is 0 Å². The van der Waals surface area contributed by atoms with Gasteiger partial charge in [-0.2, -0.15) is 18.3 Å². The number of nitrogens with zero attached hydrogens (tertiary/aromatic N) is 2. The van der Waals surface area contributed by atoms with Gasteiger partial charge in [0.15, 0.2) is 5.69 Å². The van der Waals surface area contributed by atoms with Crippen LogP contribution >= 0.6 is 0 Å². The minimum absolute atomic E-state index is 0.00268. The number of hydrogen-bond donors (Lipinski definition) is 2. The zero-order chi connectivity index (χ0) is 23.1. The Hall–Kier alpha value is -2.40. The molecule has 1 aromatic heterocycles. The first kappa shape index (κ1) is 23.3. The molecule has 1 unspecified atom stereocenters. The molecule has 0 amide bonds. The average Bonchev–Trinajstić information content (AvgIpc) is 3.22. The first-order valence-corrected chi connectivity index (χ1v) is 11.4. The normalized spacial score (nSPS) is 16.7. The molecule has 1 aromatic carbocycles. The Labute approximate surface area is 178 Å². The zero-order valence-electron chi connectivity index (χ0n) is 17.3. The number of carbonyl (C=O) groups is 1. The molecule has 1 heterocycles. The average molecular weight is 459 g/mol. The van der Waals surface area contributed by atoms with Gasteiger partial charge in [-0.15, -0.1) is 0 Å². The maximum Gasteiger partial charge on any atom is 0.436 e. The van der Waals surface area contributed by atoms with E-state index in [1.54, 1.807) is 32.9 Å². The monoisotopic (exact) mass is 459 g/mol. The van der Waals surface area contributed by atoms with Crippen molar-refractivity contribution >= 4 is 16.0 Å². The minimum Gasteiger partial charge on any atom is -0.478 e. The van der Waals surface area contributed by atoms with Gasteiger partial charge in [-0.05, 0) is 49.8 Å². The molecule has 1 aliphatic rings. The third kappa shape index (κ3) is 4.62. The SMILES string of the molecule is CCc1c(C(=O)O)c(C(F)(F)F)nn1Cc1ccc2c(c1)CCC2NS(=O)(=O)C(C)C. The number of nitrogens with one attached hydrogen (secondary N) is 1. The highest BCUT2D eigenvalue weighted by atomic mass is 32.2. The molecule has 3 rings (SSSR count). The molecular weight excluding hydrogens is 435 g/mol. The van der Waals surface area contributed by atoms with Crippen LogP contribution in [0, 0.1) is 0 Å². The lowest BCUT2D eigenvalue weighted by Gasteiger charge is -2.17. The van der Waals surface area contributed by atoms with Crippen molar-refractivity contribution in [3.8, 4) is 0 Å². The number of hydrogen-bond acceptors (Lipinski definition) is 4. The Morgan fingerprint density at radius 3 is 2.58 bits per heavy atom. The number of sulfonamides is 1. The molecule has 0 spiro atoms. The lowest BCUT2D eigenvalue weighted by Crippen LogP contribution is -2.33. The molecule has 31 heavy (non-hydrogen) atoms. The predicted octanol–water partition coefficient (Wildman–Crippen LogP) is 3.53. The molecular formula is C20H24F3N3O4S. The number of halogens is 3. The van der Waals surface area contributed by atoms with Crippen LogP contribution in [0.25, 0.3) is 0 Å². The van der Waals surface area contributed by atoms with Crippen molar-refractivity contribution in [3.63, 3.8) is 0 Å². The summed E-state index contributed by atoms with van der Waals surface area (Å²) in [7, 11) is -3.44. The number of aromatic carboxylic acids is 1. The van der Waals surface area contributed by atoms with Crippen molar-refractivity contribution in [1.82, 2.24) is 14.5 Å². The summed E-state index contributed by atoms with van der Waals surface area (Å²) in [6.45, 7) is 4.75. The van der Waals surface area contributed by atoms with Gasteiger partial charge >= 0.3 is 12.1 Å². The quantitative estimate of drug-likeness (QED) is 0.660. The lowest BCUT2D eigenvalue weighted by atomic mass is 10.0. The highest BCUT2D eigenvalue weighted by Crippen LogP contribution is 2.35. The summed E-state index contributed by atoms with van der Waals surface area (Å²) < 4.78 is 68.0. The van der Waals surface area contributed by atoms with Crippen LogP contribution in [0.4, 0.5) is 13.2 Å². The second-order valence-electron chi connectivity index (χ2n) is 7.82. The van der Waals surface area contributed by atoms with E-state index in [4.69, 9.17) is 0 Å². The third-order valence-electron chi connectivity index (χ3n) is 5.42. The molecule has 0 saturated carbocycles. The van der Waals surface area contributed by atoms with Gasteiger partial charge in [0.1, 0.15) is 5.56 Å². The van der Waals surface area contributed by atoms with E-state index >= 15 is 0 Å². The van der Waals surface area contributed by atoms with Gasteiger partial charge in [-0.1, -0.05) is 25.1 Å². The maximum absolute atomic E-state index is 13.3. The second-order valence-corrected chi connectivity index (χ2v) is 10.1. The fourth-order valence-corrected chi connectivity index (χ4v) is 4.72. The molecule has 11 heteroatoms. The Balaban J connectivity index is 1.91. The van der Waals surface area contributed by atoms with Crippen LogP contribution in [-0.4, -0.2) is 34.5 Å². The van der Waals surface area contributed by atoms with E-state index in [9.17, 15) is 31.5 Å². The van der Waals surface area contributed by atoms with Crippen molar-refractivity contribution in [2.24, 2.45) is 0 Å². The van der Waals surface area contributed by atoms with E-state index in [-0.39, 0.29) is 24.7 Å². The maximum atomic E-state index is 13.3. The third-order valence-corrected chi connectivity index (χ3v) is 7.27. The van der Waals surface area contributed by atoms with Gasteiger partial charge in [0, 0.05) is 6.04 Å². The van der Waals surface area contributed by atoms with Crippen molar-refractivity contribution < 1.29 is 31.5 Å². The van der Waals surface area contributed by atoms with Gasteiger partial charge in [-0.25, -0.2) is 17.9 Å². The van der Waals surface area contributed by atoms with Gasteiger partial charge in [0.2, 0.25) is 10.0 Å². The molecule has 7 nitrogen and oxygen atoms in total. The molecule has 2 N–H and O–H groups in total. The first-order valence-electron chi connectivity index (χ1n) is 9.88. The number of benzene rings is 1. The number of aryl methyl sites for hydroxylation is 1. The van der Waals surface area contributed by atoms with Crippen molar-refractivity contribution in [2.45, 2.75) is 64.0 Å². The van der Waals surface area contributed by atoms with Crippen LogP contribution in [-0.2, 0) is 35.6 Å². The van der Waals surface area contributed by atoms with Gasteiger partial charge in [0.05, 0.1) is 17.5 Å². The summed E-state index contributed by atoms with van der Waals surface area (Å²) in [4.78, 5) is 11.5. The number of fused-ring (bicyclic) bond motifs is 1. The zero-order valence-corrected chi connectivity index (χ0v) is 18.1. The predicted molar refractivity (Wildman–Crippen MR) is 107 cm³/mol. The van der Waals surface area contributed by atoms with E-state index in [1.807, 2.05) is 6.07 Å². The van der Waals surface area contributed by atoms with Crippen LogP contribution in [0.1, 0.15) is 71.7 Å². The Kier molecular flexibility index (Phi) is 6.21. The number of carboxylic acid groups (broad SMARTS) is 1. The molecule has 1 aliphatic carbocycles. The summed E-state index contributed by atoms with van der Waals surface area (Å²) in [5.41, 5.74) is 0.192. The lowest BCUT2D eigenvalue weighted by molar-refractivity contribution is -0.142. The van der Waals surface area contributed by atoms with Gasteiger partial charge in [-0.3, -0.25) is 4.68 Å². The fraction of sp³-hybridized carbons (Fsp3) is 0.500. The molecule has 1 atom stereocenters. The number of alkyl halides is 3. The van der Waals surface area contributed by atoms with E-state index < -0.39 is 38.7 Å². The number of carboxylic acids is 1. The molecule has 0 radical (unpaired) electrons. The summed E-state index contributed by atoms with van der Waals surface area (Å²) >= 11 is 0. The largest absolute Gasteiger partial charge is 0.478 e. The highest BCUT2D eigenvalue weighted by molar-refractivity contribution is 7.90. The minimum atomic E-state index is -4.87. The van der Waals surface area contributed by atoms with Gasteiger partial charge < -0.3 is 5.11 Å². The molecule has 170 valence electrons. The van der Waals surface area contributed by atoms with E-state index in [2.05, 4.69) is 9.82 Å². The first-order chi connectivity index (χ1) is 14.3. The topological polar surface area (TPSA) is 101 Å². The van der Waals surface area contributed by atoms with Crippen LogP contribution in [0.3, 0.4) is 0 Å².